The molecule has 0 radical (unpaired) electrons. The molecule has 1 aliphatic heterocycles. The summed E-state index contributed by atoms with van der Waals surface area (Å²) in [6.07, 6.45) is 3.68. The molecular formula is C16H17N3O3. The van der Waals surface area contributed by atoms with E-state index in [2.05, 4.69) is 15.3 Å². The van der Waals surface area contributed by atoms with E-state index in [0.29, 0.717) is 24.6 Å². The second-order valence-corrected chi connectivity index (χ2v) is 4.88. The monoisotopic (exact) mass is 299 g/mol. The summed E-state index contributed by atoms with van der Waals surface area (Å²) in [5.74, 6) is 0.916. The summed E-state index contributed by atoms with van der Waals surface area (Å²) in [7, 11) is 0. The zero-order chi connectivity index (χ0) is 15.4. The maximum absolute atomic E-state index is 12.0. The lowest BCUT2D eigenvalue weighted by Crippen LogP contribution is -2.22. The molecule has 0 saturated heterocycles. The van der Waals surface area contributed by atoms with E-state index in [0.717, 1.165) is 17.7 Å². The topological polar surface area (TPSA) is 73.3 Å². The van der Waals surface area contributed by atoms with Crippen LogP contribution < -0.4 is 10.1 Å². The molecule has 2 aromatic rings. The molecule has 6 heteroatoms. The van der Waals surface area contributed by atoms with Gasteiger partial charge in [-0.3, -0.25) is 0 Å². The maximum Gasteiger partial charge on any atom is 0.343 e. The summed E-state index contributed by atoms with van der Waals surface area (Å²) in [6, 6.07) is 7.89. The molecule has 22 heavy (non-hydrogen) atoms. The molecule has 114 valence electrons. The fourth-order valence-corrected chi connectivity index (χ4v) is 2.46. The Bertz CT molecular complexity index is 675. The van der Waals surface area contributed by atoms with Crippen LogP contribution in [0.15, 0.2) is 36.8 Å². The average Bonchev–Trinajstić information content (AvgIpc) is 2.56. The minimum absolute atomic E-state index is 0.0352. The predicted octanol–water partition coefficient (Wildman–Crippen LogP) is 2.59. The summed E-state index contributed by atoms with van der Waals surface area (Å²) >= 11 is 0. The first-order valence-corrected chi connectivity index (χ1v) is 7.25. The number of carbonyl (C=O) groups excluding carboxylic acids is 1. The van der Waals surface area contributed by atoms with E-state index in [1.54, 1.807) is 6.92 Å². The Morgan fingerprint density at radius 1 is 1.45 bits per heavy atom. The maximum atomic E-state index is 12.0. The number of anilines is 1. The van der Waals surface area contributed by atoms with E-state index in [-0.39, 0.29) is 6.04 Å². The number of ether oxygens (including phenoxy) is 2. The van der Waals surface area contributed by atoms with E-state index in [1.165, 1.54) is 12.5 Å². The van der Waals surface area contributed by atoms with Crippen molar-refractivity contribution in [1.29, 1.82) is 0 Å². The van der Waals surface area contributed by atoms with Crippen LogP contribution in [0.2, 0.25) is 0 Å². The van der Waals surface area contributed by atoms with Gasteiger partial charge in [-0.1, -0.05) is 18.2 Å². The number of hydrogen-bond acceptors (Lipinski definition) is 6. The van der Waals surface area contributed by atoms with Crippen molar-refractivity contribution in [3.8, 4) is 5.75 Å². The highest BCUT2D eigenvalue weighted by Gasteiger charge is 2.23. The van der Waals surface area contributed by atoms with Gasteiger partial charge in [0.1, 0.15) is 23.5 Å². The molecule has 0 saturated carbocycles. The molecule has 1 aromatic heterocycles. The third kappa shape index (κ3) is 2.86. The van der Waals surface area contributed by atoms with E-state index in [9.17, 15) is 4.79 Å². The number of carbonyl (C=O) groups is 1. The van der Waals surface area contributed by atoms with Gasteiger partial charge in [0.2, 0.25) is 0 Å². The Kier molecular flexibility index (Phi) is 4.18. The lowest BCUT2D eigenvalue weighted by Gasteiger charge is -2.27. The van der Waals surface area contributed by atoms with Crippen LogP contribution in [-0.4, -0.2) is 29.2 Å². The second kappa shape index (κ2) is 6.43. The van der Waals surface area contributed by atoms with E-state index >= 15 is 0 Å². The van der Waals surface area contributed by atoms with Crippen LogP contribution in [-0.2, 0) is 4.74 Å². The summed E-state index contributed by atoms with van der Waals surface area (Å²) in [4.78, 5) is 20.1. The summed E-state index contributed by atoms with van der Waals surface area (Å²) in [5.41, 5.74) is 1.40. The van der Waals surface area contributed by atoms with Gasteiger partial charge in [-0.2, -0.15) is 0 Å². The minimum Gasteiger partial charge on any atom is -0.493 e. The molecule has 0 amide bonds. The molecule has 1 atom stereocenters. The number of nitrogens with zero attached hydrogens (tertiary/aromatic N) is 2. The van der Waals surface area contributed by atoms with Gasteiger partial charge in [-0.05, 0) is 13.0 Å². The van der Waals surface area contributed by atoms with Crippen LogP contribution in [0.25, 0.3) is 0 Å². The van der Waals surface area contributed by atoms with Crippen molar-refractivity contribution < 1.29 is 14.3 Å². The minimum atomic E-state index is -0.425. The second-order valence-electron chi connectivity index (χ2n) is 4.88. The Morgan fingerprint density at radius 3 is 3.18 bits per heavy atom. The van der Waals surface area contributed by atoms with Crippen LogP contribution in [0.3, 0.4) is 0 Å². The standard InChI is InChI=1S/C16H17N3O3/c1-2-21-16(20)12-9-17-10-18-15(12)19-13-7-8-22-14-6-4-3-5-11(13)14/h3-6,9-10,13H,2,7-8H2,1H3,(H,17,18,19). The number of fused-ring (bicyclic) bond motifs is 1. The lowest BCUT2D eigenvalue weighted by atomic mass is 10.0. The number of nitrogens with one attached hydrogen (secondary N) is 1. The quantitative estimate of drug-likeness (QED) is 0.875. The molecular weight excluding hydrogens is 282 g/mol. The van der Waals surface area contributed by atoms with Crippen molar-refractivity contribution in [3.63, 3.8) is 0 Å². The number of benzene rings is 1. The van der Waals surface area contributed by atoms with Crippen LogP contribution in [0.1, 0.15) is 35.3 Å². The van der Waals surface area contributed by atoms with Crippen molar-refractivity contribution in [3.05, 3.63) is 47.9 Å². The molecule has 2 heterocycles. The van der Waals surface area contributed by atoms with Gasteiger partial charge in [0.15, 0.2) is 0 Å². The molecule has 1 N–H and O–H groups in total. The number of esters is 1. The molecule has 1 aromatic carbocycles. The molecule has 3 rings (SSSR count). The molecule has 1 unspecified atom stereocenters. The van der Waals surface area contributed by atoms with Gasteiger partial charge < -0.3 is 14.8 Å². The largest absolute Gasteiger partial charge is 0.493 e. The first-order valence-electron chi connectivity index (χ1n) is 7.25. The van der Waals surface area contributed by atoms with Gasteiger partial charge in [0.05, 0.1) is 19.3 Å². The SMILES string of the molecule is CCOC(=O)c1cncnc1NC1CCOc2ccccc21. The molecule has 0 bridgehead atoms. The highest BCUT2D eigenvalue weighted by atomic mass is 16.5. The van der Waals surface area contributed by atoms with Crippen LogP contribution in [0.5, 0.6) is 5.75 Å². The summed E-state index contributed by atoms with van der Waals surface area (Å²) in [6.45, 7) is 2.70. The van der Waals surface area contributed by atoms with Crippen molar-refractivity contribution in [2.24, 2.45) is 0 Å². The van der Waals surface area contributed by atoms with Crippen molar-refractivity contribution in [2.45, 2.75) is 19.4 Å². The van der Waals surface area contributed by atoms with E-state index in [1.807, 2.05) is 24.3 Å². The van der Waals surface area contributed by atoms with Gasteiger partial charge in [-0.25, -0.2) is 14.8 Å². The van der Waals surface area contributed by atoms with Gasteiger partial charge in [-0.15, -0.1) is 0 Å². The van der Waals surface area contributed by atoms with Gasteiger partial charge in [0.25, 0.3) is 0 Å². The molecule has 0 spiro atoms. The number of aromatic nitrogens is 2. The molecule has 0 fully saturated rings. The highest BCUT2D eigenvalue weighted by molar-refractivity contribution is 5.94. The van der Waals surface area contributed by atoms with Crippen molar-refractivity contribution in [2.75, 3.05) is 18.5 Å². The predicted molar refractivity (Wildman–Crippen MR) is 80.9 cm³/mol. The number of para-hydroxylation sites is 1. The smallest absolute Gasteiger partial charge is 0.343 e. The fraction of sp³-hybridized carbons (Fsp3) is 0.312. The van der Waals surface area contributed by atoms with Crippen LogP contribution in [0, 0.1) is 0 Å². The van der Waals surface area contributed by atoms with Gasteiger partial charge >= 0.3 is 5.97 Å². The van der Waals surface area contributed by atoms with Gasteiger partial charge in [0, 0.05) is 18.2 Å². The van der Waals surface area contributed by atoms with Crippen molar-refractivity contribution in [1.82, 2.24) is 9.97 Å². The van der Waals surface area contributed by atoms with Crippen LogP contribution >= 0.6 is 0 Å². The number of rotatable bonds is 4. The average molecular weight is 299 g/mol. The zero-order valence-corrected chi connectivity index (χ0v) is 12.3. The highest BCUT2D eigenvalue weighted by Crippen LogP contribution is 2.34. The lowest BCUT2D eigenvalue weighted by molar-refractivity contribution is 0.0526. The summed E-state index contributed by atoms with van der Waals surface area (Å²) < 4.78 is 10.7. The Morgan fingerprint density at radius 2 is 2.32 bits per heavy atom. The van der Waals surface area contributed by atoms with Crippen molar-refractivity contribution >= 4 is 11.8 Å². The first-order chi connectivity index (χ1) is 10.8. The molecule has 1 aliphatic rings. The normalized spacial score (nSPS) is 16.3. The summed E-state index contributed by atoms with van der Waals surface area (Å²) in [5, 5.41) is 3.31. The third-order valence-electron chi connectivity index (χ3n) is 3.48. The Balaban J connectivity index is 1.87. The van der Waals surface area contributed by atoms with Crippen LogP contribution in [0.4, 0.5) is 5.82 Å². The molecule has 6 nitrogen and oxygen atoms in total. The zero-order valence-electron chi connectivity index (χ0n) is 12.3. The Labute approximate surface area is 128 Å². The van der Waals surface area contributed by atoms with E-state index < -0.39 is 5.97 Å². The molecule has 0 aliphatic carbocycles. The van der Waals surface area contributed by atoms with E-state index in [4.69, 9.17) is 9.47 Å². The number of hydrogen-bond donors (Lipinski definition) is 1. The fourth-order valence-electron chi connectivity index (χ4n) is 2.46. The third-order valence-corrected chi connectivity index (χ3v) is 3.48. The Hall–Kier alpha value is -2.63. The first kappa shape index (κ1) is 14.3.